The summed E-state index contributed by atoms with van der Waals surface area (Å²) in [4.78, 5) is 17.1. The molecule has 0 fully saturated rings. The number of aryl methyl sites for hydroxylation is 1. The lowest BCUT2D eigenvalue weighted by Crippen LogP contribution is -2.33. The minimum Gasteiger partial charge on any atom is -0.350 e. The first-order valence-electron chi connectivity index (χ1n) is 8.39. The minimum absolute atomic E-state index is 0.0257. The molecule has 1 atom stereocenters. The number of carbonyl (C=O) groups is 1. The zero-order valence-corrected chi connectivity index (χ0v) is 16.5. The van der Waals surface area contributed by atoms with E-state index in [1.165, 1.54) is 0 Å². The van der Waals surface area contributed by atoms with Gasteiger partial charge in [0.15, 0.2) is 0 Å². The van der Waals surface area contributed by atoms with Crippen LogP contribution in [0, 0.1) is 12.8 Å². The lowest BCUT2D eigenvalue weighted by molar-refractivity contribution is 0.0936. The van der Waals surface area contributed by atoms with E-state index in [0.717, 1.165) is 39.8 Å². The Morgan fingerprint density at radius 2 is 2.00 bits per heavy atom. The fraction of sp³-hybridized carbons (Fsp3) is 0.474. The zero-order chi connectivity index (χ0) is 17.5. The lowest BCUT2D eigenvalue weighted by Gasteiger charge is -2.16. The summed E-state index contributed by atoms with van der Waals surface area (Å²) in [7, 11) is 0. The largest absolute Gasteiger partial charge is 0.350 e. The van der Waals surface area contributed by atoms with E-state index in [9.17, 15) is 4.79 Å². The van der Waals surface area contributed by atoms with Crippen LogP contribution in [-0.2, 0) is 5.75 Å². The van der Waals surface area contributed by atoms with E-state index in [1.54, 1.807) is 23.1 Å². The highest BCUT2D eigenvalue weighted by Gasteiger charge is 2.14. The molecule has 0 saturated carbocycles. The number of thioether (sulfide) groups is 1. The van der Waals surface area contributed by atoms with Crippen molar-refractivity contribution in [2.45, 2.75) is 56.7 Å². The second-order valence-electron chi connectivity index (χ2n) is 6.55. The van der Waals surface area contributed by atoms with E-state index in [0.29, 0.717) is 5.92 Å². The van der Waals surface area contributed by atoms with Crippen LogP contribution in [-0.4, -0.2) is 16.9 Å². The molecule has 2 rings (SSSR count). The number of amides is 1. The molecule has 1 unspecified atom stereocenters. The van der Waals surface area contributed by atoms with Gasteiger partial charge in [0.05, 0.1) is 0 Å². The van der Waals surface area contributed by atoms with E-state index in [1.807, 2.05) is 31.2 Å². The van der Waals surface area contributed by atoms with Gasteiger partial charge in [-0.15, -0.1) is 11.3 Å². The molecule has 0 spiro atoms. The molecule has 1 aromatic heterocycles. The molecule has 0 aliphatic heterocycles. The Morgan fingerprint density at radius 3 is 2.67 bits per heavy atom. The molecule has 1 heterocycles. The Morgan fingerprint density at radius 1 is 1.25 bits per heavy atom. The van der Waals surface area contributed by atoms with E-state index >= 15 is 0 Å². The number of nitrogens with zero attached hydrogens (tertiary/aromatic N) is 1. The third-order valence-corrected chi connectivity index (χ3v) is 5.95. The molecule has 1 amide bonds. The monoisotopic (exact) mass is 362 g/mol. The molecule has 0 aliphatic carbocycles. The topological polar surface area (TPSA) is 42.0 Å². The van der Waals surface area contributed by atoms with Gasteiger partial charge < -0.3 is 5.32 Å². The van der Waals surface area contributed by atoms with Gasteiger partial charge in [-0.2, -0.15) is 0 Å². The van der Waals surface area contributed by atoms with E-state index in [2.05, 4.69) is 36.5 Å². The predicted octanol–water partition coefficient (Wildman–Crippen LogP) is 5.30. The average Bonchev–Trinajstić information content (AvgIpc) is 2.96. The number of carbonyl (C=O) groups excluding carboxylic acids is 1. The molecule has 0 saturated heterocycles. The van der Waals surface area contributed by atoms with Crippen LogP contribution in [0.4, 0.5) is 0 Å². The Bertz CT molecular complexity index is 667. The van der Waals surface area contributed by atoms with Gasteiger partial charge in [-0.3, -0.25) is 4.79 Å². The van der Waals surface area contributed by atoms with Crippen molar-refractivity contribution < 1.29 is 4.79 Å². The fourth-order valence-corrected chi connectivity index (χ4v) is 4.22. The van der Waals surface area contributed by atoms with E-state index < -0.39 is 0 Å². The van der Waals surface area contributed by atoms with Crippen molar-refractivity contribution in [3.05, 3.63) is 46.5 Å². The maximum absolute atomic E-state index is 12.6. The van der Waals surface area contributed by atoms with Crippen LogP contribution < -0.4 is 5.32 Å². The third kappa shape index (κ3) is 5.95. The van der Waals surface area contributed by atoms with Gasteiger partial charge in [0.2, 0.25) is 0 Å². The van der Waals surface area contributed by atoms with Gasteiger partial charge in [-0.25, -0.2) is 4.98 Å². The highest BCUT2D eigenvalue weighted by Crippen LogP contribution is 2.27. The summed E-state index contributed by atoms with van der Waals surface area (Å²) < 4.78 is 1.05. The fourth-order valence-electron chi connectivity index (χ4n) is 2.36. The molecule has 3 nitrogen and oxygen atoms in total. The average molecular weight is 363 g/mol. The number of rotatable bonds is 8. The zero-order valence-electron chi connectivity index (χ0n) is 14.8. The number of thiazole rings is 1. The molecule has 5 heteroatoms. The van der Waals surface area contributed by atoms with Crippen LogP contribution in [0.1, 0.15) is 55.2 Å². The molecule has 0 radical (unpaired) electrons. The van der Waals surface area contributed by atoms with Crippen molar-refractivity contribution in [3.8, 4) is 0 Å². The first-order valence-corrected chi connectivity index (χ1v) is 10.3. The Labute approximate surface area is 153 Å². The number of aromatic nitrogens is 1. The molecule has 0 aliphatic rings. The van der Waals surface area contributed by atoms with Gasteiger partial charge >= 0.3 is 0 Å². The van der Waals surface area contributed by atoms with Crippen molar-refractivity contribution >= 4 is 29.0 Å². The summed E-state index contributed by atoms with van der Waals surface area (Å²) >= 11 is 3.34. The molecule has 0 bridgehead atoms. The van der Waals surface area contributed by atoms with Crippen LogP contribution in [0.3, 0.4) is 0 Å². The standard InChI is InChI=1S/C19H26N2OS2/c1-13(2)9-10-14(3)20-18(22)17-8-6-5-7-16(17)12-24-19-21-15(4)11-23-19/h5-8,11,13-14H,9-10,12H2,1-4H3,(H,20,22). The molecular weight excluding hydrogens is 336 g/mol. The van der Waals surface area contributed by atoms with Crippen molar-refractivity contribution in [2.24, 2.45) is 5.92 Å². The number of hydrogen-bond acceptors (Lipinski definition) is 4. The maximum Gasteiger partial charge on any atom is 0.251 e. The number of nitrogens with one attached hydrogen (secondary N) is 1. The van der Waals surface area contributed by atoms with E-state index in [4.69, 9.17) is 0 Å². The van der Waals surface area contributed by atoms with Crippen LogP contribution in [0.15, 0.2) is 34.0 Å². The van der Waals surface area contributed by atoms with E-state index in [-0.39, 0.29) is 11.9 Å². The minimum atomic E-state index is 0.0257. The summed E-state index contributed by atoms with van der Waals surface area (Å²) in [6.45, 7) is 8.50. The first-order chi connectivity index (χ1) is 11.5. The molecule has 130 valence electrons. The lowest BCUT2D eigenvalue weighted by atomic mass is 10.0. The van der Waals surface area contributed by atoms with Crippen molar-refractivity contribution in [3.63, 3.8) is 0 Å². The van der Waals surface area contributed by atoms with Crippen LogP contribution >= 0.6 is 23.1 Å². The molecule has 1 N–H and O–H groups in total. The molecular formula is C19H26N2OS2. The van der Waals surface area contributed by atoms with Gasteiger partial charge in [0.25, 0.3) is 5.91 Å². The van der Waals surface area contributed by atoms with Gasteiger partial charge in [0.1, 0.15) is 4.34 Å². The first kappa shape index (κ1) is 19.0. The highest BCUT2D eigenvalue weighted by molar-refractivity contribution is 8.00. The van der Waals surface area contributed by atoms with Gasteiger partial charge in [0, 0.05) is 28.4 Å². The Balaban J connectivity index is 1.98. The van der Waals surface area contributed by atoms with Crippen LogP contribution in [0.2, 0.25) is 0 Å². The third-order valence-electron chi connectivity index (χ3n) is 3.77. The van der Waals surface area contributed by atoms with Crippen molar-refractivity contribution in [1.29, 1.82) is 0 Å². The Kier molecular flexibility index (Phi) is 7.31. The highest BCUT2D eigenvalue weighted by atomic mass is 32.2. The number of hydrogen-bond donors (Lipinski definition) is 1. The predicted molar refractivity (Wildman–Crippen MR) is 104 cm³/mol. The smallest absolute Gasteiger partial charge is 0.251 e. The number of benzene rings is 1. The summed E-state index contributed by atoms with van der Waals surface area (Å²) in [6, 6.07) is 8.05. The second-order valence-corrected chi connectivity index (χ2v) is 8.63. The van der Waals surface area contributed by atoms with Crippen molar-refractivity contribution in [1.82, 2.24) is 10.3 Å². The van der Waals surface area contributed by atoms with Crippen LogP contribution in [0.5, 0.6) is 0 Å². The van der Waals surface area contributed by atoms with Crippen LogP contribution in [0.25, 0.3) is 0 Å². The summed E-state index contributed by atoms with van der Waals surface area (Å²) in [5.41, 5.74) is 2.88. The SMILES string of the molecule is Cc1csc(SCc2ccccc2C(=O)NC(C)CCC(C)C)n1. The molecule has 24 heavy (non-hydrogen) atoms. The van der Waals surface area contributed by atoms with Gasteiger partial charge in [-0.05, 0) is 44.2 Å². The summed E-state index contributed by atoms with van der Waals surface area (Å²) in [5, 5.41) is 5.19. The quantitative estimate of drug-likeness (QED) is 0.648. The van der Waals surface area contributed by atoms with Crippen molar-refractivity contribution in [2.75, 3.05) is 0 Å². The second kappa shape index (κ2) is 9.23. The molecule has 2 aromatic rings. The van der Waals surface area contributed by atoms with Gasteiger partial charge in [-0.1, -0.05) is 43.8 Å². The summed E-state index contributed by atoms with van der Waals surface area (Å²) in [6.07, 6.45) is 2.14. The normalized spacial score (nSPS) is 12.4. The maximum atomic E-state index is 12.6. The Hall–Kier alpha value is -1.33. The summed E-state index contributed by atoms with van der Waals surface area (Å²) in [5.74, 6) is 1.45. The molecule has 1 aromatic carbocycles.